The molecule has 3 nitrogen and oxygen atoms in total. The number of aromatic nitrogens is 3. The molecule has 0 aliphatic rings. The molecule has 3 rings (SSSR count). The van der Waals surface area contributed by atoms with Crippen molar-refractivity contribution in [1.29, 1.82) is 0 Å². The van der Waals surface area contributed by atoms with Crippen LogP contribution >= 0.6 is 0 Å². The van der Waals surface area contributed by atoms with E-state index in [0.717, 1.165) is 17.0 Å². The van der Waals surface area contributed by atoms with Gasteiger partial charge in [-0.05, 0) is 44.5 Å². The Balaban J connectivity index is 2.16. The van der Waals surface area contributed by atoms with E-state index in [1.165, 1.54) is 6.07 Å². The monoisotopic (exact) mass is 283 g/mol. The number of hydrogen-bond acceptors (Lipinski definition) is 2. The zero-order valence-electron chi connectivity index (χ0n) is 12.5. The summed E-state index contributed by atoms with van der Waals surface area (Å²) in [7, 11) is 0. The van der Waals surface area contributed by atoms with Crippen molar-refractivity contribution in [2.45, 2.75) is 32.7 Å². The standard InChI is InChI=1S/C17H18FN3/c1-17(2,3)21-15(11-12-7-4-5-8-13(12)18)20-14-9-6-10-19-16(14)21/h4-10H,11H2,1-3H3. The Bertz CT molecular complexity index is 784. The summed E-state index contributed by atoms with van der Waals surface area (Å²) in [6.07, 6.45) is 2.22. The van der Waals surface area contributed by atoms with Gasteiger partial charge in [0.1, 0.15) is 17.2 Å². The van der Waals surface area contributed by atoms with Gasteiger partial charge in [0.2, 0.25) is 0 Å². The lowest BCUT2D eigenvalue weighted by atomic mass is 10.1. The summed E-state index contributed by atoms with van der Waals surface area (Å²) in [5.41, 5.74) is 2.18. The Kier molecular flexibility index (Phi) is 3.24. The van der Waals surface area contributed by atoms with Crippen LogP contribution in [0.2, 0.25) is 0 Å². The SMILES string of the molecule is CC(C)(C)n1c(Cc2ccccc2F)nc2cccnc21. The fourth-order valence-corrected chi connectivity index (χ4v) is 2.59. The van der Waals surface area contributed by atoms with Crippen molar-refractivity contribution in [3.8, 4) is 0 Å². The topological polar surface area (TPSA) is 30.7 Å². The summed E-state index contributed by atoms with van der Waals surface area (Å²) in [5, 5.41) is 0. The van der Waals surface area contributed by atoms with Crippen LogP contribution in [0.25, 0.3) is 11.2 Å². The smallest absolute Gasteiger partial charge is 0.160 e. The number of benzene rings is 1. The highest BCUT2D eigenvalue weighted by Crippen LogP contribution is 2.25. The van der Waals surface area contributed by atoms with E-state index in [1.807, 2.05) is 18.2 Å². The molecule has 2 aromatic heterocycles. The highest BCUT2D eigenvalue weighted by Gasteiger charge is 2.22. The van der Waals surface area contributed by atoms with Crippen molar-refractivity contribution in [3.63, 3.8) is 0 Å². The molecule has 0 saturated carbocycles. The number of fused-ring (bicyclic) bond motifs is 1. The van der Waals surface area contributed by atoms with Crippen molar-refractivity contribution in [1.82, 2.24) is 14.5 Å². The largest absolute Gasteiger partial charge is 0.307 e. The Labute approximate surface area is 123 Å². The van der Waals surface area contributed by atoms with Gasteiger partial charge in [0.05, 0.1) is 0 Å². The summed E-state index contributed by atoms with van der Waals surface area (Å²) in [6.45, 7) is 6.31. The summed E-state index contributed by atoms with van der Waals surface area (Å²) in [4.78, 5) is 9.09. The van der Waals surface area contributed by atoms with E-state index >= 15 is 0 Å². The second kappa shape index (κ2) is 4.95. The first-order valence-corrected chi connectivity index (χ1v) is 7.03. The fraction of sp³-hybridized carbons (Fsp3) is 0.294. The molecule has 0 aliphatic heterocycles. The first-order valence-electron chi connectivity index (χ1n) is 7.03. The van der Waals surface area contributed by atoms with Crippen molar-refractivity contribution < 1.29 is 4.39 Å². The van der Waals surface area contributed by atoms with Crippen molar-refractivity contribution >= 4 is 11.2 Å². The summed E-state index contributed by atoms with van der Waals surface area (Å²) >= 11 is 0. The fourth-order valence-electron chi connectivity index (χ4n) is 2.59. The number of imidazole rings is 1. The molecule has 0 unspecified atom stereocenters. The first-order chi connectivity index (χ1) is 9.97. The average Bonchev–Trinajstić information content (AvgIpc) is 2.79. The quantitative estimate of drug-likeness (QED) is 0.713. The van der Waals surface area contributed by atoms with E-state index < -0.39 is 0 Å². The van der Waals surface area contributed by atoms with Crippen LogP contribution in [-0.2, 0) is 12.0 Å². The molecule has 4 heteroatoms. The second-order valence-electron chi connectivity index (χ2n) is 6.15. The Morgan fingerprint density at radius 2 is 1.86 bits per heavy atom. The second-order valence-corrected chi connectivity index (χ2v) is 6.15. The Hall–Kier alpha value is -2.23. The molecule has 1 aromatic carbocycles. The molecule has 3 aromatic rings. The third kappa shape index (κ3) is 2.53. The van der Waals surface area contributed by atoms with E-state index in [-0.39, 0.29) is 11.4 Å². The van der Waals surface area contributed by atoms with Gasteiger partial charge >= 0.3 is 0 Å². The average molecular weight is 283 g/mol. The zero-order chi connectivity index (χ0) is 15.0. The highest BCUT2D eigenvalue weighted by atomic mass is 19.1. The van der Waals surface area contributed by atoms with Gasteiger partial charge in [0.25, 0.3) is 0 Å². The summed E-state index contributed by atoms with van der Waals surface area (Å²) in [5.74, 6) is 0.638. The predicted molar refractivity (Wildman–Crippen MR) is 81.7 cm³/mol. The molecule has 0 radical (unpaired) electrons. The van der Waals surface area contributed by atoms with Crippen LogP contribution in [0.4, 0.5) is 4.39 Å². The molecule has 108 valence electrons. The molecule has 0 N–H and O–H groups in total. The van der Waals surface area contributed by atoms with E-state index in [0.29, 0.717) is 12.0 Å². The minimum Gasteiger partial charge on any atom is -0.307 e. The molecule has 0 saturated heterocycles. The van der Waals surface area contributed by atoms with Gasteiger partial charge in [-0.2, -0.15) is 0 Å². The minimum atomic E-state index is -0.196. The van der Waals surface area contributed by atoms with Gasteiger partial charge in [-0.15, -0.1) is 0 Å². The normalized spacial score (nSPS) is 12.0. The number of hydrogen-bond donors (Lipinski definition) is 0. The maximum Gasteiger partial charge on any atom is 0.160 e. The molecular formula is C17H18FN3. The van der Waals surface area contributed by atoms with Crippen LogP contribution < -0.4 is 0 Å². The lowest BCUT2D eigenvalue weighted by Gasteiger charge is -2.24. The summed E-state index contributed by atoms with van der Waals surface area (Å²) in [6, 6.07) is 10.6. The van der Waals surface area contributed by atoms with Gasteiger partial charge in [-0.3, -0.25) is 0 Å². The molecular weight excluding hydrogens is 265 g/mol. The minimum absolute atomic E-state index is 0.163. The third-order valence-electron chi connectivity index (χ3n) is 3.46. The summed E-state index contributed by atoms with van der Waals surface area (Å²) < 4.78 is 16.0. The third-order valence-corrected chi connectivity index (χ3v) is 3.46. The first kappa shape index (κ1) is 13.7. The molecule has 0 fully saturated rings. The van der Waals surface area contributed by atoms with E-state index in [2.05, 4.69) is 35.3 Å². The van der Waals surface area contributed by atoms with Crippen LogP contribution in [0.5, 0.6) is 0 Å². The lowest BCUT2D eigenvalue weighted by Crippen LogP contribution is -2.24. The molecule has 0 bridgehead atoms. The molecule has 0 atom stereocenters. The number of rotatable bonds is 2. The number of halogens is 1. The molecule has 2 heterocycles. The predicted octanol–water partition coefficient (Wildman–Crippen LogP) is 3.92. The van der Waals surface area contributed by atoms with Crippen LogP contribution in [0, 0.1) is 5.82 Å². The van der Waals surface area contributed by atoms with Gasteiger partial charge in [0.15, 0.2) is 5.65 Å². The van der Waals surface area contributed by atoms with Crippen molar-refractivity contribution in [3.05, 3.63) is 59.8 Å². The van der Waals surface area contributed by atoms with Crippen LogP contribution in [-0.4, -0.2) is 14.5 Å². The highest BCUT2D eigenvalue weighted by molar-refractivity contribution is 5.71. The van der Waals surface area contributed by atoms with Gasteiger partial charge in [0, 0.05) is 18.2 Å². The van der Waals surface area contributed by atoms with Crippen molar-refractivity contribution in [2.24, 2.45) is 0 Å². The van der Waals surface area contributed by atoms with E-state index in [1.54, 1.807) is 18.3 Å². The van der Waals surface area contributed by atoms with Crippen LogP contribution in [0.1, 0.15) is 32.2 Å². The Morgan fingerprint density at radius 1 is 1.10 bits per heavy atom. The Morgan fingerprint density at radius 3 is 2.57 bits per heavy atom. The molecule has 0 amide bonds. The molecule has 21 heavy (non-hydrogen) atoms. The van der Waals surface area contributed by atoms with Gasteiger partial charge in [-0.1, -0.05) is 18.2 Å². The maximum atomic E-state index is 13.9. The lowest BCUT2D eigenvalue weighted by molar-refractivity contribution is 0.393. The zero-order valence-corrected chi connectivity index (χ0v) is 12.5. The van der Waals surface area contributed by atoms with Crippen molar-refractivity contribution in [2.75, 3.05) is 0 Å². The maximum absolute atomic E-state index is 13.9. The molecule has 0 spiro atoms. The van der Waals surface area contributed by atoms with Crippen LogP contribution in [0.3, 0.4) is 0 Å². The van der Waals surface area contributed by atoms with E-state index in [9.17, 15) is 4.39 Å². The number of nitrogens with zero attached hydrogens (tertiary/aromatic N) is 3. The van der Waals surface area contributed by atoms with Gasteiger partial charge < -0.3 is 4.57 Å². The van der Waals surface area contributed by atoms with Gasteiger partial charge in [-0.25, -0.2) is 14.4 Å². The van der Waals surface area contributed by atoms with E-state index in [4.69, 9.17) is 0 Å². The molecule has 0 aliphatic carbocycles. The van der Waals surface area contributed by atoms with Crippen LogP contribution in [0.15, 0.2) is 42.6 Å². The number of pyridine rings is 1.